The highest BCUT2D eigenvalue weighted by Gasteiger charge is 2.04. The first-order valence-corrected chi connectivity index (χ1v) is 6.05. The Bertz CT molecular complexity index is 584. The van der Waals surface area contributed by atoms with Crippen molar-refractivity contribution in [1.29, 1.82) is 0 Å². The second-order valence-corrected chi connectivity index (χ2v) is 4.63. The summed E-state index contributed by atoms with van der Waals surface area (Å²) in [5.41, 5.74) is 7.10. The molecule has 92 valence electrons. The first-order valence-electron chi connectivity index (χ1n) is 5.26. The Balaban J connectivity index is 2.23. The number of hydrogen-bond donors (Lipinski definition) is 1. The molecule has 0 aliphatic heterocycles. The molecule has 3 nitrogen and oxygen atoms in total. The summed E-state index contributed by atoms with van der Waals surface area (Å²) in [6, 6.07) is 9.04. The first kappa shape index (κ1) is 12.8. The van der Waals surface area contributed by atoms with Crippen molar-refractivity contribution in [3.8, 4) is 11.5 Å². The maximum absolute atomic E-state index is 6.04. The topological polar surface area (TPSA) is 48.1 Å². The largest absolute Gasteiger partial charge is 0.454 e. The number of benzene rings is 1. The van der Waals surface area contributed by atoms with E-state index in [1.165, 1.54) is 0 Å². The number of aromatic nitrogens is 1. The zero-order chi connectivity index (χ0) is 13.1. The highest BCUT2D eigenvalue weighted by atomic mass is 35.5. The van der Waals surface area contributed by atoms with E-state index in [1.54, 1.807) is 24.4 Å². The lowest BCUT2D eigenvalue weighted by Gasteiger charge is -2.08. The third-order valence-corrected chi connectivity index (χ3v) is 2.82. The molecule has 5 heteroatoms. The van der Waals surface area contributed by atoms with Crippen molar-refractivity contribution in [2.24, 2.45) is 5.73 Å². The zero-order valence-electron chi connectivity index (χ0n) is 9.68. The van der Waals surface area contributed by atoms with Crippen molar-refractivity contribution in [3.05, 3.63) is 52.8 Å². The van der Waals surface area contributed by atoms with Crippen LogP contribution in [0.15, 0.2) is 36.5 Å². The number of halogens is 1. The van der Waals surface area contributed by atoms with E-state index in [0.29, 0.717) is 22.2 Å². The highest BCUT2D eigenvalue weighted by Crippen LogP contribution is 2.29. The lowest BCUT2D eigenvalue weighted by Crippen LogP contribution is -2.10. The third-order valence-electron chi connectivity index (χ3n) is 2.30. The van der Waals surface area contributed by atoms with E-state index in [9.17, 15) is 0 Å². The Kier molecular flexibility index (Phi) is 3.79. The van der Waals surface area contributed by atoms with Crippen LogP contribution in [0.1, 0.15) is 11.3 Å². The van der Waals surface area contributed by atoms with E-state index in [4.69, 9.17) is 34.3 Å². The van der Waals surface area contributed by atoms with E-state index in [-0.39, 0.29) is 4.99 Å². The normalized spacial score (nSPS) is 10.1. The predicted octanol–water partition coefficient (Wildman–Crippen LogP) is 3.47. The maximum atomic E-state index is 6.04. The molecule has 0 bridgehead atoms. The highest BCUT2D eigenvalue weighted by molar-refractivity contribution is 7.80. The third kappa shape index (κ3) is 2.97. The summed E-state index contributed by atoms with van der Waals surface area (Å²) < 4.78 is 5.65. The molecule has 2 N–H and O–H groups in total. The number of ether oxygens (including phenoxy) is 1. The number of nitrogens with two attached hydrogens (primary N) is 1. The lowest BCUT2D eigenvalue weighted by molar-refractivity contribution is 0.480. The molecule has 0 atom stereocenters. The monoisotopic (exact) mass is 278 g/mol. The number of thiocarbonyl (C=S) groups is 1. The van der Waals surface area contributed by atoms with Crippen LogP contribution in [0.4, 0.5) is 0 Å². The Morgan fingerprint density at radius 2 is 2.11 bits per heavy atom. The van der Waals surface area contributed by atoms with Crippen LogP contribution in [0.2, 0.25) is 5.02 Å². The second kappa shape index (κ2) is 5.33. The Morgan fingerprint density at radius 3 is 2.72 bits per heavy atom. The molecule has 2 rings (SSSR count). The Morgan fingerprint density at radius 1 is 1.33 bits per heavy atom. The van der Waals surface area contributed by atoms with E-state index >= 15 is 0 Å². The van der Waals surface area contributed by atoms with E-state index in [1.807, 2.05) is 19.1 Å². The standard InChI is InChI=1S/C13H11ClN2OS/c1-8-2-4-10(14)12(6-8)17-9-3-5-11(13(15)18)16-7-9/h2-7H,1H3,(H2,15,18). The predicted molar refractivity (Wildman–Crippen MR) is 76.4 cm³/mol. The maximum Gasteiger partial charge on any atom is 0.146 e. The molecule has 1 aromatic heterocycles. The molecular formula is C13H11ClN2OS. The van der Waals surface area contributed by atoms with Gasteiger partial charge in [0.1, 0.15) is 16.5 Å². The van der Waals surface area contributed by atoms with Gasteiger partial charge in [0.2, 0.25) is 0 Å². The van der Waals surface area contributed by atoms with Gasteiger partial charge in [0.15, 0.2) is 0 Å². The molecule has 0 spiro atoms. The SMILES string of the molecule is Cc1ccc(Cl)c(Oc2ccc(C(N)=S)nc2)c1. The molecule has 0 amide bonds. The van der Waals surface area contributed by atoms with Gasteiger partial charge in [-0.1, -0.05) is 29.9 Å². The molecule has 18 heavy (non-hydrogen) atoms. The van der Waals surface area contributed by atoms with E-state index in [0.717, 1.165) is 5.56 Å². The summed E-state index contributed by atoms with van der Waals surface area (Å²) in [7, 11) is 0. The van der Waals surface area contributed by atoms with Gasteiger partial charge in [-0.2, -0.15) is 0 Å². The van der Waals surface area contributed by atoms with Gasteiger partial charge in [0.05, 0.1) is 16.9 Å². The molecule has 0 aliphatic rings. The molecule has 0 unspecified atom stereocenters. The van der Waals surface area contributed by atoms with Gasteiger partial charge in [-0.05, 0) is 36.8 Å². The zero-order valence-corrected chi connectivity index (χ0v) is 11.3. The minimum absolute atomic E-state index is 0.259. The van der Waals surface area contributed by atoms with Crippen LogP contribution in [0.25, 0.3) is 0 Å². The van der Waals surface area contributed by atoms with Crippen LogP contribution < -0.4 is 10.5 Å². The smallest absolute Gasteiger partial charge is 0.146 e. The van der Waals surface area contributed by atoms with Crippen molar-refractivity contribution in [2.75, 3.05) is 0 Å². The number of pyridine rings is 1. The van der Waals surface area contributed by atoms with Gasteiger partial charge in [-0.15, -0.1) is 0 Å². The van der Waals surface area contributed by atoms with E-state index < -0.39 is 0 Å². The number of aryl methyl sites for hydroxylation is 1. The molecule has 1 heterocycles. The minimum atomic E-state index is 0.259. The van der Waals surface area contributed by atoms with Crippen LogP contribution in [-0.4, -0.2) is 9.97 Å². The molecule has 2 aromatic rings. The average molecular weight is 279 g/mol. The quantitative estimate of drug-likeness (QED) is 0.874. The van der Waals surface area contributed by atoms with Crippen molar-refractivity contribution in [3.63, 3.8) is 0 Å². The Hall–Kier alpha value is -1.65. The van der Waals surface area contributed by atoms with Gasteiger partial charge in [0.25, 0.3) is 0 Å². The molecule has 0 radical (unpaired) electrons. The van der Waals surface area contributed by atoms with Crippen LogP contribution in [0.5, 0.6) is 11.5 Å². The van der Waals surface area contributed by atoms with Crippen LogP contribution >= 0.6 is 23.8 Å². The van der Waals surface area contributed by atoms with Crippen molar-refractivity contribution < 1.29 is 4.74 Å². The fraction of sp³-hybridized carbons (Fsp3) is 0.0769. The van der Waals surface area contributed by atoms with Crippen molar-refractivity contribution >= 4 is 28.8 Å². The Labute approximate surface area is 116 Å². The number of hydrogen-bond acceptors (Lipinski definition) is 3. The van der Waals surface area contributed by atoms with Crippen LogP contribution in [0.3, 0.4) is 0 Å². The van der Waals surface area contributed by atoms with Gasteiger partial charge in [0, 0.05) is 0 Å². The van der Waals surface area contributed by atoms with E-state index in [2.05, 4.69) is 4.98 Å². The lowest BCUT2D eigenvalue weighted by atomic mass is 10.2. The molecule has 0 fully saturated rings. The molecule has 1 aromatic carbocycles. The first-order chi connectivity index (χ1) is 8.56. The van der Waals surface area contributed by atoms with Gasteiger partial charge >= 0.3 is 0 Å². The minimum Gasteiger partial charge on any atom is -0.454 e. The van der Waals surface area contributed by atoms with Gasteiger partial charge in [-0.3, -0.25) is 0 Å². The fourth-order valence-corrected chi connectivity index (χ4v) is 1.68. The fourth-order valence-electron chi connectivity index (χ4n) is 1.40. The molecule has 0 aliphatic carbocycles. The number of nitrogens with zero attached hydrogens (tertiary/aromatic N) is 1. The van der Waals surface area contributed by atoms with Crippen LogP contribution in [0, 0.1) is 6.92 Å². The van der Waals surface area contributed by atoms with Crippen LogP contribution in [-0.2, 0) is 0 Å². The van der Waals surface area contributed by atoms with Crippen molar-refractivity contribution in [1.82, 2.24) is 4.98 Å². The summed E-state index contributed by atoms with van der Waals surface area (Å²) in [6.07, 6.45) is 1.56. The molecule has 0 saturated carbocycles. The summed E-state index contributed by atoms with van der Waals surface area (Å²) in [5, 5.41) is 0.555. The molecular weight excluding hydrogens is 268 g/mol. The van der Waals surface area contributed by atoms with Gasteiger partial charge in [-0.25, -0.2) is 4.98 Å². The average Bonchev–Trinajstić information content (AvgIpc) is 2.34. The van der Waals surface area contributed by atoms with Gasteiger partial charge < -0.3 is 10.5 Å². The van der Waals surface area contributed by atoms with Crippen molar-refractivity contribution in [2.45, 2.75) is 6.92 Å². The molecule has 0 saturated heterocycles. The summed E-state index contributed by atoms with van der Waals surface area (Å²) in [4.78, 5) is 4.35. The summed E-state index contributed by atoms with van der Waals surface area (Å²) in [6.45, 7) is 1.97. The number of rotatable bonds is 3. The summed E-state index contributed by atoms with van der Waals surface area (Å²) in [5.74, 6) is 1.18. The second-order valence-electron chi connectivity index (χ2n) is 3.78. The summed E-state index contributed by atoms with van der Waals surface area (Å²) >= 11 is 10.9.